The maximum Gasteiger partial charge on any atom is 0.295 e. The molecule has 0 aliphatic rings. The van der Waals surface area contributed by atoms with Gasteiger partial charge in [0.2, 0.25) is 5.91 Å². The van der Waals surface area contributed by atoms with Crippen LogP contribution in [0.25, 0.3) is 16.4 Å². The number of benzene rings is 1. The first-order valence-corrected chi connectivity index (χ1v) is 11.0. The standard InChI is InChI=1S/C20H20N6O2S2/c1-13-17(19(28)26(25(13)3)14-8-5-4-6-9-14)21-16(27)12-30-20-23-22-18(24(20)2)15-10-7-11-29-15/h4-11H,12H2,1-3H3,(H,21,27). The van der Waals surface area contributed by atoms with Crippen LogP contribution in [-0.2, 0) is 18.9 Å². The fraction of sp³-hybridized carbons (Fsp3) is 0.200. The lowest BCUT2D eigenvalue weighted by molar-refractivity contribution is -0.113. The molecule has 3 heterocycles. The van der Waals surface area contributed by atoms with Crippen LogP contribution in [0.1, 0.15) is 5.69 Å². The fourth-order valence-electron chi connectivity index (χ4n) is 3.08. The van der Waals surface area contributed by atoms with Crippen molar-refractivity contribution in [2.45, 2.75) is 12.1 Å². The first kappa shape index (κ1) is 20.2. The van der Waals surface area contributed by atoms with Crippen LogP contribution in [-0.4, -0.2) is 35.8 Å². The Morgan fingerprint density at radius 2 is 1.90 bits per heavy atom. The number of carbonyl (C=O) groups excluding carboxylic acids is 1. The maximum atomic E-state index is 12.9. The van der Waals surface area contributed by atoms with Crippen molar-refractivity contribution in [2.75, 3.05) is 11.1 Å². The quantitative estimate of drug-likeness (QED) is 0.466. The Morgan fingerprint density at radius 3 is 2.60 bits per heavy atom. The minimum atomic E-state index is -0.272. The summed E-state index contributed by atoms with van der Waals surface area (Å²) in [6.45, 7) is 1.81. The van der Waals surface area contributed by atoms with E-state index in [1.165, 1.54) is 16.4 Å². The van der Waals surface area contributed by atoms with Crippen molar-refractivity contribution in [2.24, 2.45) is 14.1 Å². The van der Waals surface area contributed by atoms with Gasteiger partial charge in [0.1, 0.15) is 5.69 Å². The third kappa shape index (κ3) is 3.71. The predicted molar refractivity (Wildman–Crippen MR) is 119 cm³/mol. The van der Waals surface area contributed by atoms with E-state index in [4.69, 9.17) is 0 Å². The molecule has 1 N–H and O–H groups in total. The van der Waals surface area contributed by atoms with Gasteiger partial charge in [-0.1, -0.05) is 36.0 Å². The lowest BCUT2D eigenvalue weighted by Crippen LogP contribution is -2.23. The Morgan fingerprint density at radius 1 is 1.13 bits per heavy atom. The summed E-state index contributed by atoms with van der Waals surface area (Å²) in [5, 5.41) is 13.8. The molecule has 0 atom stereocenters. The van der Waals surface area contributed by atoms with Crippen molar-refractivity contribution in [3.63, 3.8) is 0 Å². The molecular weight excluding hydrogens is 420 g/mol. The van der Waals surface area contributed by atoms with Crippen molar-refractivity contribution < 1.29 is 4.79 Å². The molecule has 0 saturated carbocycles. The van der Waals surface area contributed by atoms with E-state index in [0.717, 1.165) is 16.4 Å². The molecule has 4 rings (SSSR count). The Labute approximate surface area is 181 Å². The minimum absolute atomic E-state index is 0.121. The topological polar surface area (TPSA) is 86.7 Å². The molecule has 8 nitrogen and oxygen atoms in total. The SMILES string of the molecule is Cc1c(NC(=O)CSc2nnc(-c3cccs3)n2C)c(=O)n(-c2ccccc2)n1C. The number of carbonyl (C=O) groups is 1. The minimum Gasteiger partial charge on any atom is -0.319 e. The van der Waals surface area contributed by atoms with Crippen molar-refractivity contribution in [1.82, 2.24) is 24.1 Å². The number of hydrogen-bond acceptors (Lipinski definition) is 6. The molecule has 0 bridgehead atoms. The number of anilines is 1. The molecule has 0 fully saturated rings. The highest BCUT2D eigenvalue weighted by atomic mass is 32.2. The van der Waals surface area contributed by atoms with Crippen LogP contribution >= 0.6 is 23.1 Å². The van der Waals surface area contributed by atoms with Crippen LogP contribution in [0.15, 0.2) is 57.8 Å². The molecule has 4 aromatic rings. The lowest BCUT2D eigenvalue weighted by atomic mass is 10.3. The van der Waals surface area contributed by atoms with Crippen LogP contribution < -0.4 is 10.9 Å². The van der Waals surface area contributed by atoms with Gasteiger partial charge in [-0.2, -0.15) is 0 Å². The highest BCUT2D eigenvalue weighted by Crippen LogP contribution is 2.26. The number of amides is 1. The molecule has 0 saturated heterocycles. The Hall–Kier alpha value is -3.11. The van der Waals surface area contributed by atoms with Gasteiger partial charge in [-0.3, -0.25) is 14.3 Å². The average molecular weight is 441 g/mol. The molecule has 0 unspecified atom stereocenters. The molecule has 30 heavy (non-hydrogen) atoms. The fourth-order valence-corrected chi connectivity index (χ4v) is 4.53. The second kappa shape index (κ2) is 8.33. The summed E-state index contributed by atoms with van der Waals surface area (Å²) in [6, 6.07) is 13.3. The van der Waals surface area contributed by atoms with Crippen LogP contribution in [0.5, 0.6) is 0 Å². The third-order valence-electron chi connectivity index (χ3n) is 4.73. The van der Waals surface area contributed by atoms with Gasteiger partial charge in [0, 0.05) is 14.1 Å². The molecule has 10 heteroatoms. The van der Waals surface area contributed by atoms with Crippen LogP contribution in [0.3, 0.4) is 0 Å². The van der Waals surface area contributed by atoms with Gasteiger partial charge >= 0.3 is 0 Å². The number of nitrogens with zero attached hydrogens (tertiary/aromatic N) is 5. The number of thiophene rings is 1. The van der Waals surface area contributed by atoms with Gasteiger partial charge in [0.05, 0.1) is 22.0 Å². The molecule has 0 aliphatic heterocycles. The first-order valence-electron chi connectivity index (χ1n) is 9.17. The third-order valence-corrected chi connectivity index (χ3v) is 6.61. The number of nitrogens with one attached hydrogen (secondary N) is 1. The summed E-state index contributed by atoms with van der Waals surface area (Å²) in [5.41, 5.74) is 1.44. The largest absolute Gasteiger partial charge is 0.319 e. The van der Waals surface area contributed by atoms with E-state index >= 15 is 0 Å². The molecule has 1 aromatic carbocycles. The molecule has 154 valence electrons. The first-order chi connectivity index (χ1) is 14.5. The van der Waals surface area contributed by atoms with Crippen molar-refractivity contribution in [3.05, 3.63) is 63.9 Å². The van der Waals surface area contributed by atoms with Gasteiger partial charge in [0.25, 0.3) is 5.56 Å². The van der Waals surface area contributed by atoms with E-state index in [9.17, 15) is 9.59 Å². The van der Waals surface area contributed by atoms with E-state index in [-0.39, 0.29) is 22.9 Å². The number of aromatic nitrogens is 5. The molecular formula is C20H20N6O2S2. The van der Waals surface area contributed by atoms with Crippen LogP contribution in [0, 0.1) is 6.92 Å². The number of rotatable bonds is 6. The summed E-state index contributed by atoms with van der Waals surface area (Å²) in [7, 11) is 3.66. The van der Waals surface area contributed by atoms with Crippen molar-refractivity contribution >= 4 is 34.7 Å². The van der Waals surface area contributed by atoms with Gasteiger partial charge in [-0.05, 0) is 30.5 Å². The second-order valence-electron chi connectivity index (χ2n) is 6.62. The maximum absolute atomic E-state index is 12.9. The highest BCUT2D eigenvalue weighted by Gasteiger charge is 2.19. The zero-order valence-corrected chi connectivity index (χ0v) is 18.3. The predicted octanol–water partition coefficient (Wildman–Crippen LogP) is 3.07. The zero-order valence-electron chi connectivity index (χ0n) is 16.7. The van der Waals surface area contributed by atoms with Crippen molar-refractivity contribution in [1.29, 1.82) is 0 Å². The van der Waals surface area contributed by atoms with Gasteiger partial charge in [-0.25, -0.2) is 4.68 Å². The Kier molecular flexibility index (Phi) is 5.60. The number of para-hydroxylation sites is 1. The van der Waals surface area contributed by atoms with E-state index < -0.39 is 0 Å². The zero-order chi connectivity index (χ0) is 21.3. The molecule has 0 radical (unpaired) electrons. The summed E-state index contributed by atoms with van der Waals surface area (Å²) in [6.07, 6.45) is 0. The molecule has 3 aromatic heterocycles. The number of hydrogen-bond donors (Lipinski definition) is 1. The normalized spacial score (nSPS) is 11.0. The second-order valence-corrected chi connectivity index (χ2v) is 8.51. The van der Waals surface area contributed by atoms with E-state index in [1.807, 2.05) is 59.5 Å². The molecule has 0 aliphatic carbocycles. The Bertz CT molecular complexity index is 1240. The van der Waals surface area contributed by atoms with Gasteiger partial charge in [-0.15, -0.1) is 21.5 Å². The van der Waals surface area contributed by atoms with Gasteiger partial charge in [0.15, 0.2) is 11.0 Å². The highest BCUT2D eigenvalue weighted by molar-refractivity contribution is 7.99. The van der Waals surface area contributed by atoms with E-state index in [2.05, 4.69) is 15.5 Å². The van der Waals surface area contributed by atoms with E-state index in [0.29, 0.717) is 10.9 Å². The summed E-state index contributed by atoms with van der Waals surface area (Å²) in [4.78, 5) is 26.5. The molecule has 1 amide bonds. The van der Waals surface area contributed by atoms with Crippen LogP contribution in [0.2, 0.25) is 0 Å². The number of thioether (sulfide) groups is 1. The monoisotopic (exact) mass is 440 g/mol. The van der Waals surface area contributed by atoms with Crippen molar-refractivity contribution in [3.8, 4) is 16.4 Å². The Balaban J connectivity index is 1.49. The van der Waals surface area contributed by atoms with E-state index in [1.54, 1.807) is 30.0 Å². The van der Waals surface area contributed by atoms with Gasteiger partial charge < -0.3 is 9.88 Å². The van der Waals surface area contributed by atoms with Crippen LogP contribution in [0.4, 0.5) is 5.69 Å². The molecule has 0 spiro atoms. The summed E-state index contributed by atoms with van der Waals surface area (Å²) in [5.74, 6) is 0.611. The summed E-state index contributed by atoms with van der Waals surface area (Å²) < 4.78 is 5.13. The average Bonchev–Trinajstić information content (AvgIpc) is 3.44. The smallest absolute Gasteiger partial charge is 0.295 e. The summed E-state index contributed by atoms with van der Waals surface area (Å²) >= 11 is 2.86. The lowest BCUT2D eigenvalue weighted by Gasteiger charge is -2.07.